The van der Waals surface area contributed by atoms with E-state index in [0.29, 0.717) is 17.8 Å². The molecule has 1 aliphatic rings. The molecule has 1 saturated carbocycles. The molecule has 1 fully saturated rings. The number of aromatic nitrogens is 1. The summed E-state index contributed by atoms with van der Waals surface area (Å²) in [6, 6.07) is 5.59. The molecular weight excluding hydrogens is 240 g/mol. The van der Waals surface area contributed by atoms with Crippen LogP contribution >= 0.6 is 0 Å². The van der Waals surface area contributed by atoms with E-state index in [0.717, 1.165) is 31.5 Å². The smallest absolute Gasteiger partial charge is 0.214 e. The van der Waals surface area contributed by atoms with Crippen molar-refractivity contribution >= 4 is 5.82 Å². The van der Waals surface area contributed by atoms with Crippen LogP contribution in [0.4, 0.5) is 5.82 Å². The van der Waals surface area contributed by atoms with Crippen molar-refractivity contribution in [1.82, 2.24) is 4.98 Å². The Morgan fingerprint density at radius 3 is 2.58 bits per heavy atom. The van der Waals surface area contributed by atoms with Gasteiger partial charge in [0.2, 0.25) is 5.88 Å². The van der Waals surface area contributed by atoms with E-state index in [1.807, 2.05) is 18.2 Å². The lowest BCUT2D eigenvalue weighted by Gasteiger charge is -2.40. The highest BCUT2D eigenvalue weighted by molar-refractivity contribution is 5.37. The first-order valence-electron chi connectivity index (χ1n) is 6.90. The standard InChI is InChI=1S/C15H24N2O2/c1-14(2)7-9-15(18,10-8-14)11-16-12-5-4-6-13(17-12)19-3/h4-6,18H,7-11H2,1-3H3,(H,16,17). The number of hydrogen-bond donors (Lipinski definition) is 2. The van der Waals surface area contributed by atoms with Crippen LogP contribution in [0.1, 0.15) is 39.5 Å². The number of anilines is 1. The average molecular weight is 264 g/mol. The summed E-state index contributed by atoms with van der Waals surface area (Å²) in [7, 11) is 1.60. The summed E-state index contributed by atoms with van der Waals surface area (Å²) >= 11 is 0. The van der Waals surface area contributed by atoms with Crippen LogP contribution in [0.2, 0.25) is 0 Å². The molecule has 2 N–H and O–H groups in total. The molecule has 1 heterocycles. The minimum atomic E-state index is -0.611. The Labute approximate surface area is 115 Å². The van der Waals surface area contributed by atoms with E-state index in [1.165, 1.54) is 0 Å². The van der Waals surface area contributed by atoms with E-state index in [1.54, 1.807) is 7.11 Å². The summed E-state index contributed by atoms with van der Waals surface area (Å²) in [4.78, 5) is 4.29. The number of aliphatic hydroxyl groups is 1. The number of pyridine rings is 1. The highest BCUT2D eigenvalue weighted by atomic mass is 16.5. The van der Waals surface area contributed by atoms with Gasteiger partial charge in [0, 0.05) is 12.6 Å². The number of nitrogens with one attached hydrogen (secondary N) is 1. The molecule has 0 amide bonds. The zero-order chi connectivity index (χ0) is 13.9. The summed E-state index contributed by atoms with van der Waals surface area (Å²) < 4.78 is 5.09. The quantitative estimate of drug-likeness (QED) is 0.878. The van der Waals surface area contributed by atoms with Crippen molar-refractivity contribution < 1.29 is 9.84 Å². The van der Waals surface area contributed by atoms with Crippen LogP contribution in [-0.4, -0.2) is 29.3 Å². The molecule has 0 aromatic carbocycles. The van der Waals surface area contributed by atoms with Crippen molar-refractivity contribution in [3.05, 3.63) is 18.2 Å². The second-order valence-corrected chi connectivity index (χ2v) is 6.31. The van der Waals surface area contributed by atoms with Crippen molar-refractivity contribution in [2.45, 2.75) is 45.1 Å². The van der Waals surface area contributed by atoms with Gasteiger partial charge in [-0.1, -0.05) is 19.9 Å². The van der Waals surface area contributed by atoms with Gasteiger partial charge in [0.1, 0.15) is 5.82 Å². The summed E-state index contributed by atoms with van der Waals surface area (Å²) in [5.41, 5.74) is -0.249. The fraction of sp³-hybridized carbons (Fsp3) is 0.667. The average Bonchev–Trinajstić information content (AvgIpc) is 2.41. The van der Waals surface area contributed by atoms with E-state index in [2.05, 4.69) is 24.1 Å². The van der Waals surface area contributed by atoms with Gasteiger partial charge in [-0.2, -0.15) is 4.98 Å². The van der Waals surface area contributed by atoms with Crippen LogP contribution in [0.5, 0.6) is 5.88 Å². The number of ether oxygens (including phenoxy) is 1. The normalized spacial score (nSPS) is 20.8. The van der Waals surface area contributed by atoms with Crippen LogP contribution in [0, 0.1) is 5.41 Å². The number of methoxy groups -OCH3 is 1. The third-order valence-corrected chi connectivity index (χ3v) is 4.07. The Hall–Kier alpha value is -1.29. The lowest BCUT2D eigenvalue weighted by Crippen LogP contribution is -2.42. The SMILES string of the molecule is COc1cccc(NCC2(O)CCC(C)(C)CC2)n1. The Morgan fingerprint density at radius 2 is 1.95 bits per heavy atom. The van der Waals surface area contributed by atoms with Gasteiger partial charge in [-0.05, 0) is 37.2 Å². The van der Waals surface area contributed by atoms with Crippen molar-refractivity contribution in [2.24, 2.45) is 5.41 Å². The molecule has 1 aromatic heterocycles. The zero-order valence-electron chi connectivity index (χ0n) is 12.1. The van der Waals surface area contributed by atoms with Crippen LogP contribution in [0.3, 0.4) is 0 Å². The first-order valence-corrected chi connectivity index (χ1v) is 6.90. The van der Waals surface area contributed by atoms with Gasteiger partial charge >= 0.3 is 0 Å². The van der Waals surface area contributed by atoms with Crippen molar-refractivity contribution in [1.29, 1.82) is 0 Å². The van der Waals surface area contributed by atoms with Crippen LogP contribution in [0.15, 0.2) is 18.2 Å². The van der Waals surface area contributed by atoms with E-state index in [9.17, 15) is 5.11 Å². The second kappa shape index (κ2) is 5.37. The predicted molar refractivity (Wildman–Crippen MR) is 76.5 cm³/mol. The Morgan fingerprint density at radius 1 is 1.26 bits per heavy atom. The molecule has 0 atom stereocenters. The topological polar surface area (TPSA) is 54.4 Å². The van der Waals surface area contributed by atoms with Gasteiger partial charge < -0.3 is 15.2 Å². The molecule has 0 bridgehead atoms. The molecule has 1 aliphatic carbocycles. The van der Waals surface area contributed by atoms with E-state index >= 15 is 0 Å². The third kappa shape index (κ3) is 3.83. The maximum absolute atomic E-state index is 10.6. The minimum Gasteiger partial charge on any atom is -0.481 e. The molecule has 4 heteroatoms. The highest BCUT2D eigenvalue weighted by Gasteiger charge is 2.36. The lowest BCUT2D eigenvalue weighted by molar-refractivity contribution is -0.0145. The Balaban J connectivity index is 1.91. The number of hydrogen-bond acceptors (Lipinski definition) is 4. The molecule has 2 rings (SSSR count). The van der Waals surface area contributed by atoms with Gasteiger partial charge in [-0.3, -0.25) is 0 Å². The second-order valence-electron chi connectivity index (χ2n) is 6.31. The molecule has 4 nitrogen and oxygen atoms in total. The maximum Gasteiger partial charge on any atom is 0.214 e. The monoisotopic (exact) mass is 264 g/mol. The first-order chi connectivity index (χ1) is 8.92. The molecule has 0 spiro atoms. The molecule has 0 unspecified atom stereocenters. The fourth-order valence-corrected chi connectivity index (χ4v) is 2.45. The molecule has 19 heavy (non-hydrogen) atoms. The summed E-state index contributed by atoms with van der Waals surface area (Å²) in [5.74, 6) is 1.33. The first kappa shape index (κ1) is 14.1. The van der Waals surface area contributed by atoms with E-state index in [-0.39, 0.29) is 0 Å². The highest BCUT2D eigenvalue weighted by Crippen LogP contribution is 2.40. The zero-order valence-corrected chi connectivity index (χ0v) is 12.1. The Kier molecular flexibility index (Phi) is 3.99. The maximum atomic E-state index is 10.6. The van der Waals surface area contributed by atoms with Gasteiger partial charge in [0.05, 0.1) is 12.7 Å². The van der Waals surface area contributed by atoms with Crippen molar-refractivity contribution in [2.75, 3.05) is 19.0 Å². The van der Waals surface area contributed by atoms with Crippen molar-refractivity contribution in [3.8, 4) is 5.88 Å². The summed E-state index contributed by atoms with van der Waals surface area (Å²) in [6.45, 7) is 5.08. The molecule has 106 valence electrons. The Bertz CT molecular complexity index is 422. The van der Waals surface area contributed by atoms with Crippen LogP contribution in [-0.2, 0) is 0 Å². The largest absolute Gasteiger partial charge is 0.481 e. The third-order valence-electron chi connectivity index (χ3n) is 4.07. The van der Waals surface area contributed by atoms with E-state index in [4.69, 9.17) is 4.74 Å². The van der Waals surface area contributed by atoms with Gasteiger partial charge in [0.15, 0.2) is 0 Å². The lowest BCUT2D eigenvalue weighted by atomic mass is 9.71. The van der Waals surface area contributed by atoms with E-state index < -0.39 is 5.60 Å². The summed E-state index contributed by atoms with van der Waals surface area (Å²) in [6.07, 6.45) is 3.82. The fourth-order valence-electron chi connectivity index (χ4n) is 2.45. The molecule has 0 aliphatic heterocycles. The van der Waals surface area contributed by atoms with Gasteiger partial charge in [-0.15, -0.1) is 0 Å². The van der Waals surface area contributed by atoms with Crippen LogP contribution in [0.25, 0.3) is 0 Å². The number of nitrogens with zero attached hydrogens (tertiary/aromatic N) is 1. The molecular formula is C15H24N2O2. The number of rotatable bonds is 4. The van der Waals surface area contributed by atoms with Gasteiger partial charge in [0.25, 0.3) is 0 Å². The molecule has 0 saturated heterocycles. The van der Waals surface area contributed by atoms with Crippen LogP contribution < -0.4 is 10.1 Å². The molecule has 1 aromatic rings. The predicted octanol–water partition coefficient (Wildman–Crippen LogP) is 2.83. The minimum absolute atomic E-state index is 0.362. The van der Waals surface area contributed by atoms with Gasteiger partial charge in [-0.25, -0.2) is 0 Å². The molecule has 0 radical (unpaired) electrons. The van der Waals surface area contributed by atoms with Crippen molar-refractivity contribution in [3.63, 3.8) is 0 Å². The summed E-state index contributed by atoms with van der Waals surface area (Å²) in [5, 5.41) is 13.8.